The van der Waals surface area contributed by atoms with Gasteiger partial charge in [-0.25, -0.2) is 12.7 Å². The van der Waals surface area contributed by atoms with Crippen molar-refractivity contribution in [2.24, 2.45) is 0 Å². The Labute approximate surface area is 241 Å². The van der Waals surface area contributed by atoms with Crippen molar-refractivity contribution in [1.29, 1.82) is 5.26 Å². The molecule has 2 amide bonds. The van der Waals surface area contributed by atoms with Gasteiger partial charge in [-0.3, -0.25) is 14.5 Å². The monoisotopic (exact) mass is 574 g/mol. The fourth-order valence-corrected chi connectivity index (χ4v) is 6.84. The van der Waals surface area contributed by atoms with Crippen molar-refractivity contribution in [2.75, 3.05) is 32.6 Å². The SMILES string of the molecule is COc1ccccc1C1(N(C)[C@@H](C)C(=O)N(C)C)C(=O)N(S(=O)(=O)c2ccc(C(C)C)cc2)c2ccc(C#N)cc21. The number of ether oxygens (including phenoxy) is 1. The second-order valence-electron chi connectivity index (χ2n) is 10.6. The highest BCUT2D eigenvalue weighted by atomic mass is 32.2. The Hall–Kier alpha value is -4.20. The van der Waals surface area contributed by atoms with Gasteiger partial charge in [0, 0.05) is 25.2 Å². The minimum atomic E-state index is -4.42. The van der Waals surface area contributed by atoms with Gasteiger partial charge < -0.3 is 9.64 Å². The van der Waals surface area contributed by atoms with E-state index in [0.29, 0.717) is 11.3 Å². The molecule has 2 atom stereocenters. The van der Waals surface area contributed by atoms with Crippen LogP contribution in [0.4, 0.5) is 5.69 Å². The zero-order chi connectivity index (χ0) is 30.3. The molecule has 9 nitrogen and oxygen atoms in total. The van der Waals surface area contributed by atoms with Crippen LogP contribution in [0.25, 0.3) is 0 Å². The number of likely N-dealkylation sites (N-methyl/N-ethyl adjacent to an activating group) is 2. The average molecular weight is 575 g/mol. The number of benzene rings is 3. The highest BCUT2D eigenvalue weighted by molar-refractivity contribution is 7.93. The van der Waals surface area contributed by atoms with Crippen LogP contribution < -0.4 is 9.04 Å². The number of fused-ring (bicyclic) bond motifs is 1. The van der Waals surface area contributed by atoms with Crippen molar-refractivity contribution < 1.29 is 22.7 Å². The number of carbonyl (C=O) groups excluding carboxylic acids is 2. The number of amides is 2. The Morgan fingerprint density at radius 3 is 2.17 bits per heavy atom. The van der Waals surface area contributed by atoms with E-state index in [1.807, 2.05) is 13.8 Å². The molecule has 0 radical (unpaired) electrons. The first-order valence-corrected chi connectivity index (χ1v) is 14.6. The molecule has 4 rings (SSSR count). The molecule has 41 heavy (non-hydrogen) atoms. The maximum Gasteiger partial charge on any atom is 0.271 e. The number of nitriles is 1. The number of rotatable bonds is 8. The van der Waals surface area contributed by atoms with Crippen LogP contribution >= 0.6 is 0 Å². The van der Waals surface area contributed by atoms with Gasteiger partial charge in [-0.15, -0.1) is 0 Å². The van der Waals surface area contributed by atoms with Crippen molar-refractivity contribution in [3.63, 3.8) is 0 Å². The molecule has 214 valence electrons. The van der Waals surface area contributed by atoms with E-state index in [-0.39, 0.29) is 33.5 Å². The number of carbonyl (C=O) groups is 2. The zero-order valence-corrected chi connectivity index (χ0v) is 25.1. The van der Waals surface area contributed by atoms with E-state index in [9.17, 15) is 23.3 Å². The maximum atomic E-state index is 14.9. The van der Waals surface area contributed by atoms with Crippen molar-refractivity contribution in [1.82, 2.24) is 9.80 Å². The molecule has 3 aromatic rings. The molecule has 0 bridgehead atoms. The van der Waals surface area contributed by atoms with Crippen LogP contribution in [0.2, 0.25) is 0 Å². The number of para-hydroxylation sites is 1. The van der Waals surface area contributed by atoms with E-state index in [0.717, 1.165) is 9.87 Å². The molecule has 0 N–H and O–H groups in total. The van der Waals surface area contributed by atoms with E-state index >= 15 is 0 Å². The van der Waals surface area contributed by atoms with Crippen LogP contribution in [0.1, 0.15) is 48.9 Å². The van der Waals surface area contributed by atoms with Crippen LogP contribution in [0.5, 0.6) is 5.75 Å². The van der Waals surface area contributed by atoms with Crippen molar-refractivity contribution in [3.8, 4) is 11.8 Å². The Balaban J connectivity index is 2.08. The molecule has 0 aromatic heterocycles. The van der Waals surface area contributed by atoms with Gasteiger partial charge in [0.15, 0.2) is 5.54 Å². The summed E-state index contributed by atoms with van der Waals surface area (Å²) in [6.45, 7) is 5.66. The molecular formula is C31H34N4O5S. The fraction of sp³-hybridized carbons (Fsp3) is 0.323. The summed E-state index contributed by atoms with van der Waals surface area (Å²) < 4.78 is 35.0. The predicted octanol–water partition coefficient (Wildman–Crippen LogP) is 4.08. The first kappa shape index (κ1) is 29.8. The third kappa shape index (κ3) is 4.65. The largest absolute Gasteiger partial charge is 0.496 e. The Morgan fingerprint density at radius 2 is 1.61 bits per heavy atom. The minimum Gasteiger partial charge on any atom is -0.496 e. The van der Waals surface area contributed by atoms with Crippen molar-refractivity contribution in [2.45, 2.75) is 43.2 Å². The van der Waals surface area contributed by atoms with Gasteiger partial charge >= 0.3 is 0 Å². The van der Waals surface area contributed by atoms with Gasteiger partial charge in [-0.2, -0.15) is 5.26 Å². The van der Waals surface area contributed by atoms with E-state index < -0.39 is 27.5 Å². The zero-order valence-electron chi connectivity index (χ0n) is 24.2. The smallest absolute Gasteiger partial charge is 0.271 e. The van der Waals surface area contributed by atoms with E-state index in [1.54, 1.807) is 69.4 Å². The van der Waals surface area contributed by atoms with Gasteiger partial charge in [0.25, 0.3) is 15.9 Å². The number of anilines is 1. The Bertz CT molecular complexity index is 1640. The second kappa shape index (κ2) is 11.0. The summed E-state index contributed by atoms with van der Waals surface area (Å²) in [7, 11) is 1.86. The van der Waals surface area contributed by atoms with Crippen LogP contribution in [-0.4, -0.2) is 64.3 Å². The summed E-state index contributed by atoms with van der Waals surface area (Å²) in [4.78, 5) is 31.1. The number of sulfonamides is 1. The van der Waals surface area contributed by atoms with Crippen LogP contribution in [0, 0.1) is 11.3 Å². The highest BCUT2D eigenvalue weighted by Gasteiger charge is 2.60. The lowest BCUT2D eigenvalue weighted by Crippen LogP contribution is -2.59. The molecule has 0 fully saturated rings. The first-order valence-electron chi connectivity index (χ1n) is 13.2. The van der Waals surface area contributed by atoms with Gasteiger partial charge in [-0.1, -0.05) is 44.2 Å². The van der Waals surface area contributed by atoms with Crippen molar-refractivity contribution in [3.05, 3.63) is 89.0 Å². The van der Waals surface area contributed by atoms with E-state index in [1.165, 1.54) is 42.3 Å². The van der Waals surface area contributed by atoms with Gasteiger partial charge in [0.2, 0.25) is 5.91 Å². The topological polar surface area (TPSA) is 111 Å². The molecule has 1 aliphatic rings. The third-order valence-corrected chi connectivity index (χ3v) is 9.43. The Kier molecular flexibility index (Phi) is 7.98. The lowest BCUT2D eigenvalue weighted by atomic mass is 9.80. The van der Waals surface area contributed by atoms with Crippen molar-refractivity contribution >= 4 is 27.5 Å². The molecule has 1 aliphatic heterocycles. The van der Waals surface area contributed by atoms with Gasteiger partial charge in [0.05, 0.1) is 35.4 Å². The maximum absolute atomic E-state index is 14.9. The van der Waals surface area contributed by atoms with Gasteiger partial charge in [-0.05, 0) is 61.9 Å². The standard InChI is InChI=1S/C31H34N4O5S/c1-20(2)23-13-15-24(16-14-23)41(38,39)35-27-17-12-22(19-32)18-26(27)31(30(35)37,25-10-8-9-11-28(25)40-7)34(6)21(3)29(36)33(4)5/h8-18,20-21H,1-7H3/t21-,31?/m0/s1. The minimum absolute atomic E-state index is 0.0542. The first-order chi connectivity index (χ1) is 19.3. The molecule has 0 aliphatic carbocycles. The number of nitrogens with zero attached hydrogens (tertiary/aromatic N) is 4. The molecule has 1 unspecified atom stereocenters. The quantitative estimate of drug-likeness (QED) is 0.399. The number of hydrogen-bond donors (Lipinski definition) is 0. The van der Waals surface area contributed by atoms with E-state index in [4.69, 9.17) is 4.74 Å². The Morgan fingerprint density at radius 1 is 0.976 bits per heavy atom. The van der Waals surface area contributed by atoms with Crippen LogP contribution in [0.3, 0.4) is 0 Å². The van der Waals surface area contributed by atoms with Gasteiger partial charge in [0.1, 0.15) is 5.75 Å². The lowest BCUT2D eigenvalue weighted by molar-refractivity contribution is -0.138. The lowest BCUT2D eigenvalue weighted by Gasteiger charge is -2.42. The normalized spacial score (nSPS) is 17.4. The summed E-state index contributed by atoms with van der Waals surface area (Å²) in [5, 5.41) is 9.79. The molecule has 0 spiro atoms. The van der Waals surface area contributed by atoms with E-state index in [2.05, 4.69) is 6.07 Å². The summed E-state index contributed by atoms with van der Waals surface area (Å²) in [5.41, 5.74) is 0.0625. The summed E-state index contributed by atoms with van der Waals surface area (Å²) >= 11 is 0. The number of methoxy groups -OCH3 is 1. The summed E-state index contributed by atoms with van der Waals surface area (Å²) in [6.07, 6.45) is 0. The van der Waals surface area contributed by atoms with Crippen LogP contribution in [-0.2, 0) is 25.2 Å². The molecule has 0 saturated carbocycles. The fourth-order valence-electron chi connectivity index (χ4n) is 5.38. The predicted molar refractivity (Wildman–Crippen MR) is 156 cm³/mol. The van der Waals surface area contributed by atoms with Crippen LogP contribution in [0.15, 0.2) is 71.6 Å². The molecule has 0 saturated heterocycles. The number of hydrogen-bond acceptors (Lipinski definition) is 7. The molecule has 1 heterocycles. The molecule has 10 heteroatoms. The summed E-state index contributed by atoms with van der Waals surface area (Å²) in [6, 6.07) is 18.9. The highest BCUT2D eigenvalue weighted by Crippen LogP contribution is 2.52. The molecular weight excluding hydrogens is 540 g/mol. The molecule has 3 aromatic carbocycles. The second-order valence-corrected chi connectivity index (χ2v) is 12.4. The summed E-state index contributed by atoms with van der Waals surface area (Å²) in [5.74, 6) is -0.585. The average Bonchev–Trinajstić information content (AvgIpc) is 3.23. The third-order valence-electron chi connectivity index (χ3n) is 7.72.